The van der Waals surface area contributed by atoms with Gasteiger partial charge < -0.3 is 4.55 Å². The van der Waals surface area contributed by atoms with Crippen molar-refractivity contribution in [3.05, 3.63) is 22.3 Å². The van der Waals surface area contributed by atoms with Crippen molar-refractivity contribution in [3.63, 3.8) is 0 Å². The number of nitrogens with zero attached hydrogens (tertiary/aromatic N) is 2. The zero-order valence-corrected chi connectivity index (χ0v) is 8.65. The molecule has 1 atom stereocenters. The van der Waals surface area contributed by atoms with Crippen LogP contribution in [0.25, 0.3) is 0 Å². The second kappa shape index (κ2) is 3.90. The van der Waals surface area contributed by atoms with E-state index >= 15 is 0 Å². The lowest BCUT2D eigenvalue weighted by molar-refractivity contribution is 0.597. The van der Waals surface area contributed by atoms with Crippen LogP contribution in [0.15, 0.2) is 21.8 Å². The van der Waals surface area contributed by atoms with E-state index in [1.165, 1.54) is 12.3 Å². The minimum Gasteiger partial charge on any atom is -0.610 e. The molecule has 0 radical (unpaired) electrons. The standard InChI is InChI=1S/C7H5BrN2OS/c1-12(11)7-3-5(4-9)2-6(8)10-7/h2-3H,1H3. The van der Waals surface area contributed by atoms with Gasteiger partial charge in [0.2, 0.25) is 5.03 Å². The van der Waals surface area contributed by atoms with E-state index in [1.807, 2.05) is 6.07 Å². The molecular formula is C7H5BrN2OS. The fraction of sp³-hybridized carbons (Fsp3) is 0.143. The highest BCUT2D eigenvalue weighted by Gasteiger charge is 2.08. The molecule has 62 valence electrons. The summed E-state index contributed by atoms with van der Waals surface area (Å²) in [5.74, 6) is 0. The predicted octanol–water partition coefficient (Wildman–Crippen LogP) is 1.45. The minimum atomic E-state index is -1.14. The van der Waals surface area contributed by atoms with Crippen LogP contribution in [0.4, 0.5) is 0 Å². The first kappa shape index (κ1) is 9.52. The number of halogens is 1. The van der Waals surface area contributed by atoms with Crippen molar-refractivity contribution in [3.8, 4) is 6.07 Å². The Hall–Kier alpha value is -0.570. The molecular weight excluding hydrogens is 240 g/mol. The van der Waals surface area contributed by atoms with E-state index in [0.717, 1.165) is 0 Å². The van der Waals surface area contributed by atoms with Gasteiger partial charge in [-0.25, -0.2) is 0 Å². The molecule has 1 aromatic rings. The fourth-order valence-corrected chi connectivity index (χ4v) is 1.76. The van der Waals surface area contributed by atoms with Crippen molar-refractivity contribution in [2.45, 2.75) is 5.03 Å². The third-order valence-electron chi connectivity index (χ3n) is 1.19. The summed E-state index contributed by atoms with van der Waals surface area (Å²) >= 11 is 1.98. The first-order chi connectivity index (χ1) is 5.63. The number of hydrogen-bond donors (Lipinski definition) is 0. The zero-order chi connectivity index (χ0) is 9.14. The number of nitriles is 1. The quantitative estimate of drug-likeness (QED) is 0.555. The molecule has 1 aromatic heterocycles. The Labute approximate surface area is 81.7 Å². The average molecular weight is 245 g/mol. The molecule has 0 saturated carbocycles. The van der Waals surface area contributed by atoms with Crippen LogP contribution in [0.3, 0.4) is 0 Å². The molecule has 0 saturated heterocycles. The highest BCUT2D eigenvalue weighted by atomic mass is 79.9. The molecule has 0 aliphatic rings. The smallest absolute Gasteiger partial charge is 0.246 e. The molecule has 1 rings (SSSR count). The zero-order valence-electron chi connectivity index (χ0n) is 6.24. The summed E-state index contributed by atoms with van der Waals surface area (Å²) in [6, 6.07) is 5.05. The van der Waals surface area contributed by atoms with Gasteiger partial charge in [-0.1, -0.05) is 0 Å². The van der Waals surface area contributed by atoms with E-state index in [2.05, 4.69) is 20.9 Å². The highest BCUT2D eigenvalue weighted by molar-refractivity contribution is 9.10. The maximum Gasteiger partial charge on any atom is 0.246 e. The third kappa shape index (κ3) is 2.21. The predicted molar refractivity (Wildman–Crippen MR) is 49.0 cm³/mol. The maximum atomic E-state index is 11.0. The number of rotatable bonds is 1. The average Bonchev–Trinajstić information content (AvgIpc) is 2.03. The number of aromatic nitrogens is 1. The van der Waals surface area contributed by atoms with Crippen molar-refractivity contribution in [2.75, 3.05) is 6.26 Å². The Morgan fingerprint density at radius 2 is 2.33 bits per heavy atom. The summed E-state index contributed by atoms with van der Waals surface area (Å²) in [5.41, 5.74) is 0.460. The van der Waals surface area contributed by atoms with Crippen LogP contribution in [0.1, 0.15) is 5.56 Å². The van der Waals surface area contributed by atoms with E-state index in [0.29, 0.717) is 15.2 Å². The van der Waals surface area contributed by atoms with Crippen LogP contribution >= 0.6 is 15.9 Å². The molecule has 0 aliphatic heterocycles. The first-order valence-corrected chi connectivity index (χ1v) is 5.39. The highest BCUT2D eigenvalue weighted by Crippen LogP contribution is 2.14. The van der Waals surface area contributed by atoms with Crippen LogP contribution in [0.5, 0.6) is 0 Å². The molecule has 0 amide bonds. The van der Waals surface area contributed by atoms with E-state index in [9.17, 15) is 4.55 Å². The summed E-state index contributed by atoms with van der Waals surface area (Å²) in [5, 5.41) is 8.99. The molecule has 1 heterocycles. The van der Waals surface area contributed by atoms with Gasteiger partial charge in [0, 0.05) is 17.2 Å². The van der Waals surface area contributed by atoms with E-state index < -0.39 is 11.2 Å². The normalized spacial score (nSPS) is 12.2. The van der Waals surface area contributed by atoms with E-state index in [-0.39, 0.29) is 0 Å². The van der Waals surface area contributed by atoms with Gasteiger partial charge in [0.15, 0.2) is 0 Å². The second-order valence-electron chi connectivity index (χ2n) is 2.08. The molecule has 12 heavy (non-hydrogen) atoms. The van der Waals surface area contributed by atoms with E-state index in [4.69, 9.17) is 5.26 Å². The molecule has 0 N–H and O–H groups in total. The maximum absolute atomic E-state index is 11.0. The molecule has 5 heteroatoms. The van der Waals surface area contributed by atoms with Crippen LogP contribution in [-0.4, -0.2) is 15.8 Å². The van der Waals surface area contributed by atoms with Crippen LogP contribution in [-0.2, 0) is 11.2 Å². The van der Waals surface area contributed by atoms with Gasteiger partial charge in [-0.15, -0.1) is 0 Å². The Morgan fingerprint density at radius 1 is 1.67 bits per heavy atom. The van der Waals surface area contributed by atoms with Crippen LogP contribution < -0.4 is 0 Å². The SMILES string of the molecule is C[S+]([O-])c1cc(C#N)cc(Br)n1. The summed E-state index contributed by atoms with van der Waals surface area (Å²) in [7, 11) is 0. The summed E-state index contributed by atoms with van der Waals surface area (Å²) in [4.78, 5) is 3.95. The summed E-state index contributed by atoms with van der Waals surface area (Å²) < 4.78 is 11.5. The van der Waals surface area contributed by atoms with Crippen molar-refractivity contribution >= 4 is 27.1 Å². The molecule has 0 spiro atoms. The second-order valence-corrected chi connectivity index (χ2v) is 4.22. The van der Waals surface area contributed by atoms with Crippen molar-refractivity contribution < 1.29 is 4.55 Å². The Balaban J connectivity index is 3.17. The van der Waals surface area contributed by atoms with Gasteiger partial charge >= 0.3 is 0 Å². The minimum absolute atomic E-state index is 0.418. The lowest BCUT2D eigenvalue weighted by Crippen LogP contribution is -2.01. The Morgan fingerprint density at radius 3 is 2.83 bits per heavy atom. The van der Waals surface area contributed by atoms with Gasteiger partial charge in [-0.3, -0.25) is 0 Å². The molecule has 0 bridgehead atoms. The lowest BCUT2D eigenvalue weighted by Gasteiger charge is -2.02. The Kier molecular flexibility index (Phi) is 3.09. The summed E-state index contributed by atoms with van der Waals surface area (Å²) in [6.45, 7) is 0. The van der Waals surface area contributed by atoms with Crippen molar-refractivity contribution in [1.29, 1.82) is 5.26 Å². The molecule has 1 unspecified atom stereocenters. The van der Waals surface area contributed by atoms with Gasteiger partial charge in [0.1, 0.15) is 10.9 Å². The van der Waals surface area contributed by atoms with Crippen molar-refractivity contribution in [1.82, 2.24) is 4.98 Å². The largest absolute Gasteiger partial charge is 0.610 e. The molecule has 0 aromatic carbocycles. The van der Waals surface area contributed by atoms with Gasteiger partial charge in [0.05, 0.1) is 11.6 Å². The Bertz CT molecular complexity index is 335. The van der Waals surface area contributed by atoms with Crippen LogP contribution in [0, 0.1) is 11.3 Å². The first-order valence-electron chi connectivity index (χ1n) is 3.04. The molecule has 0 fully saturated rings. The lowest BCUT2D eigenvalue weighted by atomic mass is 10.3. The third-order valence-corrected chi connectivity index (χ3v) is 2.40. The topological polar surface area (TPSA) is 59.7 Å². The molecule has 0 aliphatic carbocycles. The van der Waals surface area contributed by atoms with Crippen molar-refractivity contribution in [2.24, 2.45) is 0 Å². The number of hydrogen-bond acceptors (Lipinski definition) is 3. The summed E-state index contributed by atoms with van der Waals surface area (Å²) in [6.07, 6.45) is 1.52. The monoisotopic (exact) mass is 244 g/mol. The molecule has 3 nitrogen and oxygen atoms in total. The fourth-order valence-electron chi connectivity index (χ4n) is 0.685. The van der Waals surface area contributed by atoms with E-state index in [1.54, 1.807) is 6.07 Å². The van der Waals surface area contributed by atoms with Gasteiger partial charge in [-0.05, 0) is 22.0 Å². The number of pyridine rings is 1. The van der Waals surface area contributed by atoms with Gasteiger partial charge in [0.25, 0.3) is 0 Å². The van der Waals surface area contributed by atoms with Crippen LogP contribution in [0.2, 0.25) is 0 Å². The van der Waals surface area contributed by atoms with Gasteiger partial charge in [-0.2, -0.15) is 10.2 Å².